The molecule has 0 heterocycles. The van der Waals surface area contributed by atoms with Gasteiger partial charge >= 0.3 is 12.7 Å². The summed E-state index contributed by atoms with van der Waals surface area (Å²) < 4.78 is 4.20. The first-order valence-corrected chi connectivity index (χ1v) is 1.74. The maximum absolute atomic E-state index is 9.84. The molecule has 0 fully saturated rings. The molecule has 38 valence electrons. The van der Waals surface area contributed by atoms with Crippen LogP contribution >= 0.6 is 0 Å². The van der Waals surface area contributed by atoms with Gasteiger partial charge in [0.25, 0.3) is 0 Å². The molecule has 0 amide bonds. The van der Waals surface area contributed by atoms with Crippen molar-refractivity contribution in [3.8, 4) is 0 Å². The Labute approximate surface area is 41.7 Å². The Hall–Kier alpha value is -1.04. The lowest BCUT2D eigenvalue weighted by molar-refractivity contribution is -0.139. The molecular weight excluding hydrogens is 94.0 g/mol. The van der Waals surface area contributed by atoms with Crippen molar-refractivity contribution in [2.24, 2.45) is 0 Å². The molecule has 0 aliphatic heterocycles. The minimum absolute atomic E-state index is 0.157. The minimum atomic E-state index is -0.406. The van der Waals surface area contributed by atoms with E-state index < -0.39 is 5.97 Å². The van der Waals surface area contributed by atoms with Gasteiger partial charge in [0, 0.05) is 6.92 Å². The van der Waals surface area contributed by atoms with Gasteiger partial charge in [-0.15, -0.1) is 0 Å². The zero-order valence-corrected chi connectivity index (χ0v) is 3.97. The van der Waals surface area contributed by atoms with Crippen molar-refractivity contribution < 1.29 is 9.53 Å². The van der Waals surface area contributed by atoms with Gasteiger partial charge in [-0.25, -0.2) is 6.57 Å². The molecule has 0 aromatic carbocycles. The van der Waals surface area contributed by atoms with Gasteiger partial charge in [0.1, 0.15) is 0 Å². The monoisotopic (exact) mass is 99.0 g/mol. The molecule has 3 nitrogen and oxygen atoms in total. The fourth-order valence-corrected chi connectivity index (χ4v) is 0.123. The number of carbonyl (C=O) groups excluding carboxylic acids is 1. The third-order valence-corrected chi connectivity index (χ3v) is 0.332. The Balaban J connectivity index is 3.02. The summed E-state index contributed by atoms with van der Waals surface area (Å²) in [7, 11) is 0. The average molecular weight is 99.1 g/mol. The maximum atomic E-state index is 9.84. The molecular formula is C4H5NO2. The predicted molar refractivity (Wildman–Crippen MR) is 23.2 cm³/mol. The molecule has 0 saturated carbocycles. The van der Waals surface area contributed by atoms with Crippen molar-refractivity contribution >= 4 is 5.97 Å². The second-order valence-electron chi connectivity index (χ2n) is 0.923. The molecule has 0 atom stereocenters. The van der Waals surface area contributed by atoms with Crippen molar-refractivity contribution in [2.45, 2.75) is 6.92 Å². The highest BCUT2D eigenvalue weighted by atomic mass is 16.5. The van der Waals surface area contributed by atoms with Crippen LogP contribution in [0.3, 0.4) is 0 Å². The number of carbonyl (C=O) groups is 1. The number of nitrogens with zero attached hydrogens (tertiary/aromatic N) is 1. The van der Waals surface area contributed by atoms with Crippen LogP contribution < -0.4 is 0 Å². The molecule has 0 aliphatic carbocycles. The number of esters is 1. The van der Waals surface area contributed by atoms with Crippen LogP contribution in [0, 0.1) is 6.57 Å². The van der Waals surface area contributed by atoms with E-state index in [1.54, 1.807) is 0 Å². The summed E-state index contributed by atoms with van der Waals surface area (Å²) in [6.07, 6.45) is 0. The highest BCUT2D eigenvalue weighted by Crippen LogP contribution is 1.73. The van der Waals surface area contributed by atoms with Crippen molar-refractivity contribution in [1.29, 1.82) is 0 Å². The molecule has 0 N–H and O–H groups in total. The Morgan fingerprint density at radius 1 is 2.00 bits per heavy atom. The summed E-state index contributed by atoms with van der Waals surface area (Å²) in [5, 5.41) is 0. The van der Waals surface area contributed by atoms with Gasteiger partial charge in [-0.3, -0.25) is 9.64 Å². The van der Waals surface area contributed by atoms with Gasteiger partial charge in [-0.1, -0.05) is 0 Å². The van der Waals surface area contributed by atoms with E-state index in [0.717, 1.165) is 0 Å². The Morgan fingerprint density at radius 3 is 2.71 bits per heavy atom. The minimum Gasteiger partial charge on any atom is -0.394 e. The van der Waals surface area contributed by atoms with Gasteiger partial charge in [-0.2, -0.15) is 0 Å². The van der Waals surface area contributed by atoms with Crippen LogP contribution in [0.15, 0.2) is 0 Å². The van der Waals surface area contributed by atoms with Crippen molar-refractivity contribution in [3.63, 3.8) is 0 Å². The summed E-state index contributed by atoms with van der Waals surface area (Å²) in [5.41, 5.74) is 0. The van der Waals surface area contributed by atoms with Crippen molar-refractivity contribution in [2.75, 3.05) is 6.73 Å². The normalized spacial score (nSPS) is 6.86. The Bertz CT molecular complexity index is 103. The van der Waals surface area contributed by atoms with E-state index in [0.29, 0.717) is 0 Å². The van der Waals surface area contributed by atoms with Gasteiger partial charge < -0.3 is 4.74 Å². The first kappa shape index (κ1) is 5.96. The van der Waals surface area contributed by atoms with Gasteiger partial charge in [0.15, 0.2) is 0 Å². The maximum Gasteiger partial charge on any atom is 0.359 e. The lowest BCUT2D eigenvalue weighted by Gasteiger charge is -1.84. The number of hydrogen-bond acceptors (Lipinski definition) is 2. The topological polar surface area (TPSA) is 30.7 Å². The van der Waals surface area contributed by atoms with Crippen LogP contribution in [-0.4, -0.2) is 12.7 Å². The SMILES string of the molecule is [C-]#[N+]COC(C)=O. The highest BCUT2D eigenvalue weighted by Gasteiger charge is 1.87. The molecule has 0 aromatic rings. The fraction of sp³-hybridized carbons (Fsp3) is 0.500. The Morgan fingerprint density at radius 2 is 2.57 bits per heavy atom. The van der Waals surface area contributed by atoms with Gasteiger partial charge in [0.2, 0.25) is 0 Å². The van der Waals surface area contributed by atoms with E-state index in [1.807, 2.05) is 0 Å². The van der Waals surface area contributed by atoms with Crippen LogP contribution in [0.25, 0.3) is 4.85 Å². The van der Waals surface area contributed by atoms with Crippen LogP contribution in [0.2, 0.25) is 0 Å². The van der Waals surface area contributed by atoms with E-state index in [1.165, 1.54) is 6.92 Å². The van der Waals surface area contributed by atoms with Gasteiger partial charge in [0.05, 0.1) is 0 Å². The molecule has 0 radical (unpaired) electrons. The molecule has 3 heteroatoms. The standard InChI is InChI=1S/C4H5NO2/c1-4(6)7-3-5-2/h3H2,1H3. The molecule has 0 unspecified atom stereocenters. The Kier molecular flexibility index (Phi) is 2.69. The zero-order valence-electron chi connectivity index (χ0n) is 3.97. The quantitative estimate of drug-likeness (QED) is 0.352. The molecule has 0 aliphatic rings. The smallest absolute Gasteiger partial charge is 0.359 e. The van der Waals surface area contributed by atoms with Crippen molar-refractivity contribution in [3.05, 3.63) is 11.4 Å². The lowest BCUT2D eigenvalue weighted by atomic mass is 10.8. The number of rotatable bonds is 1. The van der Waals surface area contributed by atoms with E-state index in [-0.39, 0.29) is 6.73 Å². The second kappa shape index (κ2) is 3.16. The summed E-state index contributed by atoms with van der Waals surface area (Å²) in [6, 6.07) is 0. The van der Waals surface area contributed by atoms with E-state index >= 15 is 0 Å². The molecule has 0 spiro atoms. The van der Waals surface area contributed by atoms with Crippen molar-refractivity contribution in [1.82, 2.24) is 0 Å². The number of ether oxygens (including phenoxy) is 1. The largest absolute Gasteiger partial charge is 0.394 e. The van der Waals surface area contributed by atoms with Crippen LogP contribution in [0.5, 0.6) is 0 Å². The third-order valence-electron chi connectivity index (χ3n) is 0.332. The molecule has 0 saturated heterocycles. The van der Waals surface area contributed by atoms with E-state index in [4.69, 9.17) is 6.57 Å². The number of hydrogen-bond donors (Lipinski definition) is 0. The third kappa shape index (κ3) is 4.96. The van der Waals surface area contributed by atoms with E-state index in [2.05, 4.69) is 9.58 Å². The molecule has 7 heavy (non-hydrogen) atoms. The molecule has 0 aromatic heterocycles. The lowest BCUT2D eigenvalue weighted by Crippen LogP contribution is -1.95. The van der Waals surface area contributed by atoms with Gasteiger partial charge in [-0.05, 0) is 0 Å². The first-order valence-electron chi connectivity index (χ1n) is 1.74. The van der Waals surface area contributed by atoms with Crippen LogP contribution in [0.1, 0.15) is 6.92 Å². The highest BCUT2D eigenvalue weighted by molar-refractivity contribution is 5.65. The molecule has 0 bridgehead atoms. The second-order valence-corrected chi connectivity index (χ2v) is 0.923. The summed E-state index contributed by atoms with van der Waals surface area (Å²) >= 11 is 0. The zero-order chi connectivity index (χ0) is 5.70. The average Bonchev–Trinajstić information content (AvgIpc) is 1.61. The summed E-state index contributed by atoms with van der Waals surface area (Å²) in [5.74, 6) is -0.406. The molecule has 0 rings (SSSR count). The predicted octanol–water partition coefficient (Wildman–Crippen LogP) is 0.426. The van der Waals surface area contributed by atoms with Crippen LogP contribution in [-0.2, 0) is 9.53 Å². The van der Waals surface area contributed by atoms with Crippen LogP contribution in [0.4, 0.5) is 0 Å². The summed E-state index contributed by atoms with van der Waals surface area (Å²) in [4.78, 5) is 12.6. The first-order chi connectivity index (χ1) is 3.27. The fourth-order valence-electron chi connectivity index (χ4n) is 0.123. The summed E-state index contributed by atoms with van der Waals surface area (Å²) in [6.45, 7) is 7.26. The van der Waals surface area contributed by atoms with E-state index in [9.17, 15) is 4.79 Å².